The van der Waals surface area contributed by atoms with Crippen LogP contribution in [0.4, 0.5) is 5.00 Å². The molecule has 0 unspecified atom stereocenters. The first-order valence-electron chi connectivity index (χ1n) is 6.91. The van der Waals surface area contributed by atoms with Crippen molar-refractivity contribution in [1.82, 2.24) is 15.1 Å². The molecule has 0 saturated heterocycles. The van der Waals surface area contributed by atoms with Gasteiger partial charge >= 0.3 is 5.97 Å². The average molecular weight is 417 g/mol. The van der Waals surface area contributed by atoms with E-state index < -0.39 is 0 Å². The minimum absolute atomic E-state index is 0.371. The number of thiophene rings is 1. The van der Waals surface area contributed by atoms with E-state index in [1.54, 1.807) is 12.3 Å². The number of ether oxygens (including phenoxy) is 1. The number of esters is 1. The Hall–Kier alpha value is -1.45. The molecule has 0 aliphatic rings. The number of aryl methyl sites for hydroxylation is 2. The summed E-state index contributed by atoms with van der Waals surface area (Å²) in [6.07, 6.45) is 4.56. The molecule has 0 atom stereocenters. The monoisotopic (exact) mass is 416 g/mol. The van der Waals surface area contributed by atoms with Gasteiger partial charge < -0.3 is 15.4 Å². The van der Waals surface area contributed by atoms with Gasteiger partial charge in [0, 0.05) is 24.2 Å². The van der Waals surface area contributed by atoms with Crippen LogP contribution in [0.1, 0.15) is 21.7 Å². The first-order valence-corrected chi connectivity index (χ1v) is 8.93. The third-order valence-electron chi connectivity index (χ3n) is 2.94. The van der Waals surface area contributed by atoms with Gasteiger partial charge in [-0.05, 0) is 47.6 Å². The minimum atomic E-state index is -0.371. The van der Waals surface area contributed by atoms with Gasteiger partial charge in [-0.2, -0.15) is 5.10 Å². The van der Waals surface area contributed by atoms with Crippen LogP contribution in [-0.4, -0.2) is 34.5 Å². The zero-order chi connectivity index (χ0) is 16.8. The highest BCUT2D eigenvalue weighted by atomic mass is 79.9. The summed E-state index contributed by atoms with van der Waals surface area (Å²) in [5, 5.41) is 11.6. The van der Waals surface area contributed by atoms with Crippen LogP contribution in [0, 0.1) is 6.92 Å². The summed E-state index contributed by atoms with van der Waals surface area (Å²) in [5.74, 6) is -0.371. The van der Waals surface area contributed by atoms with Gasteiger partial charge in [0.2, 0.25) is 0 Å². The second kappa shape index (κ2) is 8.42. The number of anilines is 1. The van der Waals surface area contributed by atoms with Crippen LogP contribution >= 0.6 is 39.5 Å². The summed E-state index contributed by atoms with van der Waals surface area (Å²) >= 11 is 10.1. The molecule has 124 valence electrons. The molecule has 0 bridgehead atoms. The number of nitrogens with zero attached hydrogens (tertiary/aromatic N) is 2. The number of halogens is 1. The molecule has 0 aliphatic heterocycles. The van der Waals surface area contributed by atoms with Crippen LogP contribution in [0.25, 0.3) is 0 Å². The number of nitrogens with one attached hydrogen (secondary N) is 2. The molecule has 0 fully saturated rings. The van der Waals surface area contributed by atoms with Crippen molar-refractivity contribution in [2.75, 3.05) is 19.0 Å². The standard InChI is InChI=1S/C14H17BrN4O2S2/c1-9-6-11(13(20)21-2)12(23-9)18-14(22)16-4-3-5-19-8-10(15)7-17-19/h6-8H,3-5H2,1-2H3,(H2,16,18,22). The highest BCUT2D eigenvalue weighted by Crippen LogP contribution is 2.28. The van der Waals surface area contributed by atoms with Crippen molar-refractivity contribution >= 4 is 55.6 Å². The Labute approximate surface area is 152 Å². The maximum atomic E-state index is 11.7. The van der Waals surface area contributed by atoms with E-state index in [1.807, 2.05) is 17.8 Å². The molecule has 0 saturated carbocycles. The zero-order valence-corrected chi connectivity index (χ0v) is 16.0. The molecule has 0 aliphatic carbocycles. The quantitative estimate of drug-likeness (QED) is 0.428. The van der Waals surface area contributed by atoms with Crippen molar-refractivity contribution in [2.45, 2.75) is 19.9 Å². The molecule has 2 N–H and O–H groups in total. The van der Waals surface area contributed by atoms with E-state index in [9.17, 15) is 4.79 Å². The van der Waals surface area contributed by atoms with Crippen LogP contribution in [0.3, 0.4) is 0 Å². The van der Waals surface area contributed by atoms with Crippen LogP contribution in [0.2, 0.25) is 0 Å². The third-order valence-corrected chi connectivity index (χ3v) is 4.56. The lowest BCUT2D eigenvalue weighted by molar-refractivity contribution is 0.0602. The van der Waals surface area contributed by atoms with Gasteiger partial charge in [0.15, 0.2) is 5.11 Å². The fourth-order valence-electron chi connectivity index (χ4n) is 1.92. The number of carbonyl (C=O) groups is 1. The van der Waals surface area contributed by atoms with Crippen LogP contribution < -0.4 is 10.6 Å². The Morgan fingerprint density at radius 3 is 3.00 bits per heavy atom. The molecule has 0 radical (unpaired) electrons. The summed E-state index contributed by atoms with van der Waals surface area (Å²) in [6.45, 7) is 3.44. The normalized spacial score (nSPS) is 10.4. The van der Waals surface area contributed by atoms with Gasteiger partial charge in [0.1, 0.15) is 5.00 Å². The number of hydrogen-bond donors (Lipinski definition) is 2. The maximum Gasteiger partial charge on any atom is 0.340 e. The fourth-order valence-corrected chi connectivity index (χ4v) is 3.42. The van der Waals surface area contributed by atoms with Gasteiger partial charge in [-0.25, -0.2) is 4.79 Å². The smallest absolute Gasteiger partial charge is 0.340 e. The van der Waals surface area contributed by atoms with Crippen molar-refractivity contribution in [2.24, 2.45) is 0 Å². The molecule has 9 heteroatoms. The number of thiocarbonyl (C=S) groups is 1. The first-order chi connectivity index (χ1) is 11.0. The van der Waals surface area contributed by atoms with Crippen molar-refractivity contribution in [3.8, 4) is 0 Å². The molecule has 2 heterocycles. The molecule has 6 nitrogen and oxygen atoms in total. The fraction of sp³-hybridized carbons (Fsp3) is 0.357. The Morgan fingerprint density at radius 1 is 1.57 bits per heavy atom. The van der Waals surface area contributed by atoms with E-state index in [1.165, 1.54) is 18.4 Å². The second-order valence-electron chi connectivity index (χ2n) is 4.75. The Morgan fingerprint density at radius 2 is 2.35 bits per heavy atom. The summed E-state index contributed by atoms with van der Waals surface area (Å²) in [5.41, 5.74) is 0.501. The van der Waals surface area contributed by atoms with Crippen molar-refractivity contribution in [3.63, 3.8) is 0 Å². The Balaban J connectivity index is 1.79. The van der Waals surface area contributed by atoms with Crippen LogP contribution in [0.5, 0.6) is 0 Å². The van der Waals surface area contributed by atoms with E-state index in [2.05, 4.69) is 31.7 Å². The lowest BCUT2D eigenvalue weighted by Gasteiger charge is -2.10. The molecular weight excluding hydrogens is 400 g/mol. The van der Waals surface area contributed by atoms with Gasteiger partial charge in [-0.3, -0.25) is 4.68 Å². The zero-order valence-electron chi connectivity index (χ0n) is 12.8. The number of carbonyl (C=O) groups excluding carboxylic acids is 1. The topological polar surface area (TPSA) is 68.2 Å². The molecule has 2 aromatic heterocycles. The summed E-state index contributed by atoms with van der Waals surface area (Å²) < 4.78 is 7.60. The van der Waals surface area contributed by atoms with E-state index in [4.69, 9.17) is 17.0 Å². The average Bonchev–Trinajstić information content (AvgIpc) is 3.08. The van der Waals surface area contributed by atoms with E-state index in [-0.39, 0.29) is 5.97 Å². The highest BCUT2D eigenvalue weighted by Gasteiger charge is 2.16. The van der Waals surface area contributed by atoms with E-state index in [0.717, 1.165) is 22.3 Å². The van der Waals surface area contributed by atoms with Crippen molar-refractivity contribution < 1.29 is 9.53 Å². The molecule has 2 aromatic rings. The number of methoxy groups -OCH3 is 1. The lowest BCUT2D eigenvalue weighted by atomic mass is 10.3. The first kappa shape index (κ1) is 17.9. The predicted molar refractivity (Wildman–Crippen MR) is 99.2 cm³/mol. The van der Waals surface area contributed by atoms with Crippen LogP contribution in [-0.2, 0) is 11.3 Å². The second-order valence-corrected chi connectivity index (χ2v) is 7.33. The van der Waals surface area contributed by atoms with E-state index in [0.29, 0.717) is 22.2 Å². The molecule has 0 aromatic carbocycles. The number of aromatic nitrogens is 2. The summed E-state index contributed by atoms with van der Waals surface area (Å²) in [6, 6.07) is 1.79. The Kier molecular flexibility index (Phi) is 6.55. The Bertz CT molecular complexity index is 699. The predicted octanol–water partition coefficient (Wildman–Crippen LogP) is 3.18. The minimum Gasteiger partial charge on any atom is -0.465 e. The van der Waals surface area contributed by atoms with E-state index >= 15 is 0 Å². The van der Waals surface area contributed by atoms with Gasteiger partial charge in [-0.15, -0.1) is 11.3 Å². The van der Waals surface area contributed by atoms with Crippen LogP contribution in [0.15, 0.2) is 22.9 Å². The van der Waals surface area contributed by atoms with Gasteiger partial charge in [0.25, 0.3) is 0 Å². The molecule has 23 heavy (non-hydrogen) atoms. The number of rotatable bonds is 6. The SMILES string of the molecule is COC(=O)c1cc(C)sc1NC(=S)NCCCn1cc(Br)cn1. The van der Waals surface area contributed by atoms with Gasteiger partial charge in [0.05, 0.1) is 23.3 Å². The number of hydrogen-bond acceptors (Lipinski definition) is 5. The largest absolute Gasteiger partial charge is 0.465 e. The summed E-state index contributed by atoms with van der Waals surface area (Å²) in [7, 11) is 1.36. The molecule has 0 amide bonds. The van der Waals surface area contributed by atoms with Crippen molar-refractivity contribution in [1.29, 1.82) is 0 Å². The highest BCUT2D eigenvalue weighted by molar-refractivity contribution is 9.10. The molecule has 0 spiro atoms. The maximum absolute atomic E-state index is 11.7. The molecular formula is C14H17BrN4O2S2. The molecule has 2 rings (SSSR count). The van der Waals surface area contributed by atoms with Gasteiger partial charge in [-0.1, -0.05) is 0 Å². The lowest BCUT2D eigenvalue weighted by Crippen LogP contribution is -2.30. The third kappa shape index (κ3) is 5.29. The van der Waals surface area contributed by atoms with Crippen molar-refractivity contribution in [3.05, 3.63) is 33.4 Å². The summed E-state index contributed by atoms with van der Waals surface area (Å²) in [4.78, 5) is 12.7.